The van der Waals surface area contributed by atoms with E-state index in [9.17, 15) is 9.59 Å². The molecular formula is C32H45NO4. The second-order valence-electron chi connectivity index (χ2n) is 15.3. The zero-order chi connectivity index (χ0) is 26.8. The lowest BCUT2D eigenvalue weighted by molar-refractivity contribution is -0.175. The maximum absolute atomic E-state index is 14.5. The summed E-state index contributed by atoms with van der Waals surface area (Å²) in [5.74, 6) is 1.80. The number of nitrogens with zero attached hydrogens (tertiary/aromatic N) is 1. The van der Waals surface area contributed by atoms with Gasteiger partial charge in [-0.25, -0.2) is 0 Å². The van der Waals surface area contributed by atoms with Crippen LogP contribution >= 0.6 is 0 Å². The highest BCUT2D eigenvalue weighted by molar-refractivity contribution is 5.96. The molecule has 0 N–H and O–H groups in total. The molecule has 1 aromatic rings. The van der Waals surface area contributed by atoms with Gasteiger partial charge in [0, 0.05) is 16.9 Å². The number of rotatable bonds is 1. The fraction of sp³-hybridized carbons (Fsp3) is 0.781. The lowest BCUT2D eigenvalue weighted by Crippen LogP contribution is -2.66. The Bertz CT molecular complexity index is 1210. The molecule has 5 aliphatic rings. The molecular weight excluding hydrogens is 462 g/mol. The van der Waals surface area contributed by atoms with E-state index >= 15 is 0 Å². The van der Waals surface area contributed by atoms with Gasteiger partial charge in [-0.1, -0.05) is 52.3 Å². The van der Waals surface area contributed by atoms with Crippen molar-refractivity contribution < 1.29 is 18.8 Å². The monoisotopic (exact) mass is 507 g/mol. The Balaban J connectivity index is 1.47. The maximum Gasteiger partial charge on any atom is 0.311 e. The van der Waals surface area contributed by atoms with Crippen LogP contribution in [-0.2, 0) is 26.2 Å². The standard InChI is InChI=1S/C32H45NO4/c1-27(2)23-9-10-32(7)24(30(23,5)16-19-18-33-37-25(19)27)22(34)15-20-21-17-29(4,26(35)36-8)12-11-28(21,3)13-14-31(20,32)6/h15,18,21,23-24H,9-14,16-17H2,1-8H3/t21?,23?,24?,28-,29+,30+,31-,32-/m1/s1. The summed E-state index contributed by atoms with van der Waals surface area (Å²) in [7, 11) is 1.51. The largest absolute Gasteiger partial charge is 0.469 e. The Morgan fingerprint density at radius 2 is 1.73 bits per heavy atom. The van der Waals surface area contributed by atoms with Gasteiger partial charge >= 0.3 is 5.97 Å². The molecule has 1 aromatic heterocycles. The van der Waals surface area contributed by atoms with Crippen LogP contribution in [0, 0.1) is 44.8 Å². The molecule has 3 saturated carbocycles. The first-order chi connectivity index (χ1) is 17.2. The van der Waals surface area contributed by atoms with Crippen molar-refractivity contribution in [3.63, 3.8) is 0 Å². The molecule has 37 heavy (non-hydrogen) atoms. The molecule has 0 spiro atoms. The smallest absolute Gasteiger partial charge is 0.311 e. The molecule has 0 saturated heterocycles. The number of aromatic nitrogens is 1. The van der Waals surface area contributed by atoms with E-state index in [1.807, 2.05) is 6.20 Å². The van der Waals surface area contributed by atoms with Crippen LogP contribution in [0.2, 0.25) is 0 Å². The summed E-state index contributed by atoms with van der Waals surface area (Å²) in [6.07, 6.45) is 11.9. The first-order valence-corrected chi connectivity index (χ1v) is 14.4. The summed E-state index contributed by atoms with van der Waals surface area (Å²) < 4.78 is 11.1. The van der Waals surface area contributed by atoms with Crippen molar-refractivity contribution >= 4 is 11.8 Å². The zero-order valence-electron chi connectivity index (χ0n) is 24.1. The summed E-state index contributed by atoms with van der Waals surface area (Å²) in [6.45, 7) is 16.4. The number of carbonyl (C=O) groups excluding carboxylic acids is 2. The fourth-order valence-electron chi connectivity index (χ4n) is 10.9. The molecule has 0 amide bonds. The van der Waals surface area contributed by atoms with Gasteiger partial charge in [-0.2, -0.15) is 0 Å². The number of allylic oxidation sites excluding steroid dienone is 2. The number of carbonyl (C=O) groups is 2. The Morgan fingerprint density at radius 1 is 1.03 bits per heavy atom. The van der Waals surface area contributed by atoms with Crippen LogP contribution in [0.3, 0.4) is 0 Å². The Kier molecular flexibility index (Phi) is 5.06. The molecule has 0 aliphatic heterocycles. The SMILES string of the molecule is COC(=O)[C@@]1(C)CC[C@]2(C)CC[C@]3(C)C(=CC(=O)C4[C@@]5(C)Cc6cnoc6C(C)(C)C5CC[C@]43C)C2C1. The Labute approximate surface area is 222 Å². The minimum atomic E-state index is -0.486. The number of hydrogen-bond donors (Lipinski definition) is 0. The summed E-state index contributed by atoms with van der Waals surface area (Å²) >= 11 is 0. The van der Waals surface area contributed by atoms with Gasteiger partial charge in [0.25, 0.3) is 0 Å². The summed E-state index contributed by atoms with van der Waals surface area (Å²) in [4.78, 5) is 27.4. The molecule has 5 nitrogen and oxygen atoms in total. The summed E-state index contributed by atoms with van der Waals surface area (Å²) in [5, 5.41) is 4.19. The van der Waals surface area contributed by atoms with Gasteiger partial charge in [0.15, 0.2) is 5.78 Å². The third kappa shape index (κ3) is 2.95. The molecule has 202 valence electrons. The van der Waals surface area contributed by atoms with Crippen LogP contribution in [0.1, 0.15) is 105 Å². The lowest BCUT2D eigenvalue weighted by Gasteiger charge is -2.69. The predicted octanol–water partition coefficient (Wildman–Crippen LogP) is 6.84. The van der Waals surface area contributed by atoms with Crippen molar-refractivity contribution in [3.05, 3.63) is 29.2 Å². The Morgan fingerprint density at radius 3 is 2.43 bits per heavy atom. The molecule has 8 atom stereocenters. The number of fused-ring (bicyclic) bond motifs is 8. The topological polar surface area (TPSA) is 69.4 Å². The van der Waals surface area contributed by atoms with Crippen LogP contribution in [0.5, 0.6) is 0 Å². The van der Waals surface area contributed by atoms with Crippen LogP contribution < -0.4 is 0 Å². The van der Waals surface area contributed by atoms with Crippen LogP contribution in [0.4, 0.5) is 0 Å². The number of hydrogen-bond acceptors (Lipinski definition) is 5. The first-order valence-electron chi connectivity index (χ1n) is 14.4. The fourth-order valence-corrected chi connectivity index (χ4v) is 10.9. The van der Waals surface area contributed by atoms with E-state index in [4.69, 9.17) is 9.26 Å². The molecule has 6 rings (SSSR count). The molecule has 5 aliphatic carbocycles. The lowest BCUT2D eigenvalue weighted by atomic mass is 9.33. The van der Waals surface area contributed by atoms with Crippen LogP contribution in [0.15, 0.2) is 22.4 Å². The highest BCUT2D eigenvalue weighted by Gasteiger charge is 2.70. The molecule has 3 unspecified atom stereocenters. The van der Waals surface area contributed by atoms with Crippen molar-refractivity contribution in [3.8, 4) is 0 Å². The van der Waals surface area contributed by atoms with E-state index in [0.29, 0.717) is 11.7 Å². The van der Waals surface area contributed by atoms with Gasteiger partial charge in [-0.15, -0.1) is 0 Å². The van der Waals surface area contributed by atoms with Crippen molar-refractivity contribution in [1.82, 2.24) is 5.16 Å². The van der Waals surface area contributed by atoms with Crippen molar-refractivity contribution in [2.45, 2.75) is 105 Å². The highest BCUT2D eigenvalue weighted by atomic mass is 16.5. The third-order valence-corrected chi connectivity index (χ3v) is 13.2. The van der Waals surface area contributed by atoms with Gasteiger partial charge in [0.2, 0.25) is 0 Å². The summed E-state index contributed by atoms with van der Waals surface area (Å²) in [5.41, 5.74) is 1.68. The predicted molar refractivity (Wildman–Crippen MR) is 142 cm³/mol. The van der Waals surface area contributed by atoms with Crippen LogP contribution in [-0.4, -0.2) is 24.0 Å². The number of ketones is 1. The maximum atomic E-state index is 14.5. The minimum Gasteiger partial charge on any atom is -0.469 e. The quantitative estimate of drug-likeness (QED) is 0.389. The van der Waals surface area contributed by atoms with E-state index in [2.05, 4.69) is 59.7 Å². The molecule has 3 fully saturated rings. The molecule has 0 aromatic carbocycles. The van der Waals surface area contributed by atoms with E-state index in [1.165, 1.54) is 18.2 Å². The second-order valence-corrected chi connectivity index (χ2v) is 15.3. The van der Waals surface area contributed by atoms with Gasteiger partial charge in [0.05, 0.1) is 18.7 Å². The molecule has 5 heteroatoms. The second kappa shape index (κ2) is 7.39. The normalized spacial score (nSPS) is 47.9. The summed E-state index contributed by atoms with van der Waals surface area (Å²) in [6, 6.07) is 0. The van der Waals surface area contributed by atoms with E-state index < -0.39 is 5.41 Å². The van der Waals surface area contributed by atoms with Gasteiger partial charge in [-0.3, -0.25) is 9.59 Å². The van der Waals surface area contributed by atoms with Gasteiger partial charge < -0.3 is 9.26 Å². The highest BCUT2D eigenvalue weighted by Crippen LogP contribution is 2.74. The van der Waals surface area contributed by atoms with Crippen molar-refractivity contribution in [1.29, 1.82) is 0 Å². The van der Waals surface area contributed by atoms with Crippen molar-refractivity contribution in [2.24, 2.45) is 44.8 Å². The van der Waals surface area contributed by atoms with Crippen molar-refractivity contribution in [2.75, 3.05) is 7.11 Å². The van der Waals surface area contributed by atoms with E-state index in [0.717, 1.165) is 57.1 Å². The van der Waals surface area contributed by atoms with Gasteiger partial charge in [-0.05, 0) is 97.9 Å². The average molecular weight is 508 g/mol. The third-order valence-electron chi connectivity index (χ3n) is 13.2. The van der Waals surface area contributed by atoms with E-state index in [-0.39, 0.29) is 44.9 Å². The van der Waals surface area contributed by atoms with E-state index in [1.54, 1.807) is 0 Å². The van der Waals surface area contributed by atoms with Gasteiger partial charge in [0.1, 0.15) is 5.76 Å². The molecule has 0 bridgehead atoms. The number of ether oxygens (including phenoxy) is 1. The molecule has 0 radical (unpaired) electrons. The van der Waals surface area contributed by atoms with Crippen LogP contribution in [0.25, 0.3) is 0 Å². The minimum absolute atomic E-state index is 0.0326. The first kappa shape index (κ1) is 25.4. The zero-order valence-corrected chi connectivity index (χ0v) is 24.1. The Hall–Kier alpha value is -1.91. The average Bonchev–Trinajstić information content (AvgIpc) is 3.29. The number of esters is 1. The number of methoxy groups -OCH3 is 1. The molecule has 1 heterocycles.